The van der Waals surface area contributed by atoms with Crippen molar-refractivity contribution in [3.63, 3.8) is 0 Å². The molecule has 0 aromatic carbocycles. The minimum absolute atomic E-state index is 0.191. The van der Waals surface area contributed by atoms with Gasteiger partial charge in [-0.15, -0.1) is 0 Å². The van der Waals surface area contributed by atoms with Crippen LogP contribution in [0.2, 0.25) is 19.0 Å². The van der Waals surface area contributed by atoms with Gasteiger partial charge in [0.05, 0.1) is 23.5 Å². The molecule has 0 rings (SSSR count). The molecule has 6 radical (unpaired) electrons. The minimum Gasteiger partial charge on any atom is -0.439 e. The van der Waals surface area contributed by atoms with Crippen molar-refractivity contribution in [1.82, 2.24) is 5.32 Å². The summed E-state index contributed by atoms with van der Waals surface area (Å²) in [4.78, 5) is 11.0. The van der Waals surface area contributed by atoms with Crippen LogP contribution in [0.3, 0.4) is 0 Å². The molecule has 3 nitrogen and oxygen atoms in total. The number of carbonyl (C=O) groups excluding carboxylic acids is 1. The summed E-state index contributed by atoms with van der Waals surface area (Å²) in [6, 6.07) is 0. The van der Waals surface area contributed by atoms with Gasteiger partial charge in [0.25, 0.3) is 0 Å². The monoisotopic (exact) mass is 287 g/mol. The maximum absolute atomic E-state index is 11.0. The third-order valence-electron chi connectivity index (χ3n) is 1.73. The first kappa shape index (κ1) is 13.2. The molecular weight excluding hydrogens is 277 g/mol. The second-order valence-corrected chi connectivity index (χ2v) is 3.18. The molecule has 66 valence electrons. The van der Waals surface area contributed by atoms with Crippen LogP contribution in [0.15, 0.2) is 0 Å². The Bertz CT molecular complexity index is 158. The fourth-order valence-electron chi connectivity index (χ4n) is 0.705. The summed E-state index contributed by atoms with van der Waals surface area (Å²) in [5.74, 6) is 0. The normalized spacial score (nSPS) is 10.8. The number of ether oxygens (including phenoxy) is 1. The van der Waals surface area contributed by atoms with Crippen molar-refractivity contribution in [3.05, 3.63) is 0 Å². The zero-order chi connectivity index (χ0) is 10.3. The molecular formula is C6H9B3INO2. The second-order valence-electron chi connectivity index (χ2n) is 2.56. The molecule has 1 amide bonds. The van der Waals surface area contributed by atoms with Crippen LogP contribution < -0.4 is 5.32 Å². The number of hydrogen-bond acceptors (Lipinski definition) is 2. The molecule has 13 heavy (non-hydrogen) atoms. The smallest absolute Gasteiger partial charge is 0.408 e. The predicted octanol–water partition coefficient (Wildman–Crippen LogP) is 0.604. The number of halogens is 1. The number of nitrogens with one attached hydrogen (secondary N) is 1. The van der Waals surface area contributed by atoms with Crippen LogP contribution in [0.5, 0.6) is 0 Å². The minimum atomic E-state index is -0.747. The Balaban J connectivity index is 4.16. The molecule has 1 N–H and O–H groups in total. The van der Waals surface area contributed by atoms with Crippen LogP contribution in [-0.4, -0.2) is 39.8 Å². The first-order valence-corrected chi connectivity index (χ1v) is 5.28. The van der Waals surface area contributed by atoms with E-state index in [-0.39, 0.29) is 23.6 Å². The molecule has 0 aliphatic heterocycles. The molecule has 0 atom stereocenters. The maximum Gasteiger partial charge on any atom is 0.408 e. The van der Waals surface area contributed by atoms with Gasteiger partial charge in [-0.1, -0.05) is 19.0 Å². The highest BCUT2D eigenvalue weighted by Crippen LogP contribution is 2.17. The fourth-order valence-corrected chi connectivity index (χ4v) is 0.988. The average molecular weight is 286 g/mol. The fraction of sp³-hybridized carbons (Fsp3) is 0.833. The quantitative estimate of drug-likeness (QED) is 0.457. The number of hydrogen-bond donors (Lipinski definition) is 1. The van der Waals surface area contributed by atoms with Gasteiger partial charge in [-0.3, -0.25) is 0 Å². The lowest BCUT2D eigenvalue weighted by molar-refractivity contribution is 0.159. The summed E-state index contributed by atoms with van der Waals surface area (Å²) in [7, 11) is 16.3. The van der Waals surface area contributed by atoms with E-state index in [4.69, 9.17) is 23.5 Å². The van der Waals surface area contributed by atoms with Crippen molar-refractivity contribution in [2.45, 2.75) is 24.5 Å². The first-order chi connectivity index (χ1) is 6.14. The standard InChI is InChI=1S/C6H9B3INO2/c7-1-6(2-8,3-9)11-5(12)13-4-10/h1-4H2,(H,11,12). The van der Waals surface area contributed by atoms with E-state index in [0.717, 1.165) is 0 Å². The van der Waals surface area contributed by atoms with Crippen molar-refractivity contribution >= 4 is 52.2 Å². The van der Waals surface area contributed by atoms with Crippen LogP contribution >= 0.6 is 22.6 Å². The molecule has 0 aromatic rings. The van der Waals surface area contributed by atoms with E-state index in [9.17, 15) is 4.79 Å². The number of amides is 1. The summed E-state index contributed by atoms with van der Waals surface area (Å²) in [6.07, 6.45) is 0.0269. The molecule has 0 saturated carbocycles. The highest BCUT2D eigenvalue weighted by atomic mass is 127. The Kier molecular flexibility index (Phi) is 6.72. The van der Waals surface area contributed by atoms with Crippen LogP contribution in [0, 0.1) is 0 Å². The third kappa shape index (κ3) is 4.29. The second kappa shape index (κ2) is 6.62. The molecule has 7 heteroatoms. The Hall–Kier alpha value is 0.195. The third-order valence-corrected chi connectivity index (χ3v) is 2.04. The molecule has 0 bridgehead atoms. The number of carbonyl (C=O) groups is 1. The van der Waals surface area contributed by atoms with Gasteiger partial charge < -0.3 is 10.1 Å². The SMILES string of the molecule is [B]CC(C[B])(C[B])NC(=O)OCI. The first-order valence-electron chi connectivity index (χ1n) is 3.75. The van der Waals surface area contributed by atoms with Gasteiger partial charge in [0.1, 0.15) is 4.61 Å². The molecule has 0 spiro atoms. The van der Waals surface area contributed by atoms with Crippen molar-refractivity contribution < 1.29 is 9.53 Å². The van der Waals surface area contributed by atoms with Gasteiger partial charge in [0.2, 0.25) is 0 Å². The topological polar surface area (TPSA) is 38.3 Å². The van der Waals surface area contributed by atoms with Crippen LogP contribution in [-0.2, 0) is 4.74 Å². The van der Waals surface area contributed by atoms with E-state index in [1.165, 1.54) is 0 Å². The lowest BCUT2D eigenvalue weighted by atomic mass is 9.68. The van der Waals surface area contributed by atoms with Crippen LogP contribution in [0.25, 0.3) is 0 Å². The van der Waals surface area contributed by atoms with Crippen molar-refractivity contribution in [1.29, 1.82) is 0 Å². The lowest BCUT2D eigenvalue weighted by Gasteiger charge is -2.32. The molecule has 0 heterocycles. The zero-order valence-corrected chi connectivity index (χ0v) is 9.41. The summed E-state index contributed by atoms with van der Waals surface area (Å²) in [5, 5.41) is 2.54. The van der Waals surface area contributed by atoms with Crippen molar-refractivity contribution in [2.24, 2.45) is 0 Å². The van der Waals surface area contributed by atoms with Gasteiger partial charge in [0.15, 0.2) is 0 Å². The molecule has 0 aliphatic carbocycles. The Morgan fingerprint density at radius 1 is 1.31 bits per heavy atom. The summed E-state index contributed by atoms with van der Waals surface area (Å²) >= 11 is 1.91. The van der Waals surface area contributed by atoms with E-state index in [1.54, 1.807) is 0 Å². The number of alkyl halides is 1. The number of alkyl carbamates (subject to hydrolysis) is 1. The lowest BCUT2D eigenvalue weighted by Crippen LogP contribution is -2.47. The van der Waals surface area contributed by atoms with E-state index in [1.807, 2.05) is 22.6 Å². The van der Waals surface area contributed by atoms with Gasteiger partial charge >= 0.3 is 6.09 Å². The largest absolute Gasteiger partial charge is 0.439 e. The van der Waals surface area contributed by atoms with Crippen molar-refractivity contribution in [2.75, 3.05) is 4.61 Å². The highest BCUT2D eigenvalue weighted by Gasteiger charge is 2.25. The van der Waals surface area contributed by atoms with Gasteiger partial charge in [-0.25, -0.2) is 4.79 Å². The van der Waals surface area contributed by atoms with E-state index in [2.05, 4.69) is 10.1 Å². The zero-order valence-electron chi connectivity index (χ0n) is 7.25. The predicted molar refractivity (Wildman–Crippen MR) is 62.9 cm³/mol. The molecule has 0 saturated heterocycles. The van der Waals surface area contributed by atoms with Gasteiger partial charge in [0, 0.05) is 5.54 Å². The van der Waals surface area contributed by atoms with Gasteiger partial charge in [-0.2, -0.15) is 0 Å². The van der Waals surface area contributed by atoms with Crippen LogP contribution in [0.4, 0.5) is 4.79 Å². The highest BCUT2D eigenvalue weighted by molar-refractivity contribution is 14.1. The Morgan fingerprint density at radius 3 is 2.08 bits per heavy atom. The average Bonchev–Trinajstić information content (AvgIpc) is 2.15. The maximum atomic E-state index is 11.0. The molecule has 0 unspecified atom stereocenters. The Morgan fingerprint density at radius 2 is 1.77 bits per heavy atom. The van der Waals surface area contributed by atoms with Crippen molar-refractivity contribution in [3.8, 4) is 0 Å². The van der Waals surface area contributed by atoms with E-state index in [0.29, 0.717) is 0 Å². The van der Waals surface area contributed by atoms with E-state index < -0.39 is 11.6 Å². The van der Waals surface area contributed by atoms with Crippen LogP contribution in [0.1, 0.15) is 0 Å². The van der Waals surface area contributed by atoms with Gasteiger partial charge in [-0.05, 0) is 22.6 Å². The molecule has 0 aromatic heterocycles. The Labute approximate surface area is 96.1 Å². The summed E-state index contributed by atoms with van der Waals surface area (Å²) in [6.45, 7) is 0. The summed E-state index contributed by atoms with van der Waals surface area (Å²) in [5.41, 5.74) is -0.747. The summed E-state index contributed by atoms with van der Waals surface area (Å²) < 4.78 is 4.95. The molecule has 0 aliphatic rings. The number of rotatable bonds is 5. The molecule has 0 fully saturated rings. The van der Waals surface area contributed by atoms with E-state index >= 15 is 0 Å².